The van der Waals surface area contributed by atoms with Crippen molar-refractivity contribution in [2.24, 2.45) is 5.16 Å². The summed E-state index contributed by atoms with van der Waals surface area (Å²) >= 11 is 0. The monoisotopic (exact) mass is 275 g/mol. The van der Waals surface area contributed by atoms with Gasteiger partial charge in [0.25, 0.3) is 0 Å². The molecule has 6 heteroatoms. The van der Waals surface area contributed by atoms with Crippen molar-refractivity contribution in [2.75, 3.05) is 32.2 Å². The van der Waals surface area contributed by atoms with Crippen LogP contribution in [-0.2, 0) is 14.4 Å². The van der Waals surface area contributed by atoms with Gasteiger partial charge in [-0.2, -0.15) is 0 Å². The van der Waals surface area contributed by atoms with Crippen LogP contribution in [0.25, 0.3) is 0 Å². The third kappa shape index (κ3) is 3.58. The summed E-state index contributed by atoms with van der Waals surface area (Å²) in [5.74, 6) is -0.468. The maximum absolute atomic E-state index is 11.3. The van der Waals surface area contributed by atoms with Crippen LogP contribution < -0.4 is 5.43 Å². The van der Waals surface area contributed by atoms with E-state index in [0.717, 1.165) is 17.0 Å². The number of hydrogen-bond acceptors (Lipinski definition) is 6. The minimum atomic E-state index is -0.468. The van der Waals surface area contributed by atoms with Gasteiger partial charge in [-0.1, -0.05) is 36.0 Å². The number of oxime groups is 1. The van der Waals surface area contributed by atoms with Crippen molar-refractivity contribution in [1.82, 2.24) is 5.01 Å². The number of ether oxygens (including phenoxy) is 1. The minimum absolute atomic E-state index is 0.175. The number of likely N-dealkylation sites (N-methyl/N-ethyl adjacent to an activating group) is 1. The molecule has 0 fully saturated rings. The SMILES string of the molecule is C=CCOC(=O)CO/N=C1/CN(C)Nc2ccccc21. The van der Waals surface area contributed by atoms with Crippen molar-refractivity contribution in [1.29, 1.82) is 0 Å². The molecule has 0 saturated carbocycles. The van der Waals surface area contributed by atoms with Gasteiger partial charge in [-0.25, -0.2) is 9.80 Å². The Hall–Kier alpha value is -2.34. The second-order valence-corrected chi connectivity index (χ2v) is 4.30. The summed E-state index contributed by atoms with van der Waals surface area (Å²) in [6, 6.07) is 7.78. The van der Waals surface area contributed by atoms with Crippen molar-refractivity contribution in [3.8, 4) is 0 Å². The zero-order chi connectivity index (χ0) is 14.4. The average molecular weight is 275 g/mol. The number of rotatable bonds is 5. The number of benzene rings is 1. The highest BCUT2D eigenvalue weighted by atomic mass is 16.7. The molecule has 1 N–H and O–H groups in total. The third-order valence-electron chi connectivity index (χ3n) is 2.66. The molecule has 0 atom stereocenters. The van der Waals surface area contributed by atoms with Gasteiger partial charge in [0.15, 0.2) is 0 Å². The van der Waals surface area contributed by atoms with Crippen LogP contribution in [-0.4, -0.2) is 43.5 Å². The van der Waals surface area contributed by atoms with Crippen LogP contribution >= 0.6 is 0 Å². The second kappa shape index (κ2) is 6.72. The van der Waals surface area contributed by atoms with E-state index in [2.05, 4.69) is 17.2 Å². The second-order valence-electron chi connectivity index (χ2n) is 4.30. The van der Waals surface area contributed by atoms with E-state index in [1.54, 1.807) is 0 Å². The van der Waals surface area contributed by atoms with Crippen molar-refractivity contribution < 1.29 is 14.4 Å². The molecule has 20 heavy (non-hydrogen) atoms. The number of fused-ring (bicyclic) bond motifs is 1. The van der Waals surface area contributed by atoms with Crippen molar-refractivity contribution in [3.05, 3.63) is 42.5 Å². The van der Waals surface area contributed by atoms with E-state index in [0.29, 0.717) is 6.54 Å². The zero-order valence-corrected chi connectivity index (χ0v) is 11.3. The van der Waals surface area contributed by atoms with E-state index < -0.39 is 5.97 Å². The van der Waals surface area contributed by atoms with E-state index >= 15 is 0 Å². The van der Waals surface area contributed by atoms with E-state index in [-0.39, 0.29) is 13.2 Å². The molecule has 2 rings (SSSR count). The molecule has 1 aliphatic heterocycles. The summed E-state index contributed by atoms with van der Waals surface area (Å²) in [7, 11) is 1.91. The molecule has 1 aliphatic rings. The molecule has 1 aromatic rings. The Kier molecular flexibility index (Phi) is 4.73. The largest absolute Gasteiger partial charge is 0.459 e. The van der Waals surface area contributed by atoms with Gasteiger partial charge in [-0.3, -0.25) is 0 Å². The first-order valence-corrected chi connectivity index (χ1v) is 6.23. The fourth-order valence-corrected chi connectivity index (χ4v) is 1.82. The van der Waals surface area contributed by atoms with E-state index in [1.807, 2.05) is 36.3 Å². The van der Waals surface area contributed by atoms with Gasteiger partial charge < -0.3 is 15.0 Å². The fraction of sp³-hybridized carbons (Fsp3) is 0.286. The molecule has 0 spiro atoms. The van der Waals surface area contributed by atoms with Crippen LogP contribution in [0.15, 0.2) is 42.1 Å². The number of hydrogen-bond donors (Lipinski definition) is 1. The predicted molar refractivity (Wildman–Crippen MR) is 76.3 cm³/mol. The van der Waals surface area contributed by atoms with Crippen LogP contribution in [0, 0.1) is 0 Å². The Morgan fingerprint density at radius 1 is 1.55 bits per heavy atom. The molecular weight excluding hydrogens is 258 g/mol. The van der Waals surface area contributed by atoms with Gasteiger partial charge in [0.1, 0.15) is 12.3 Å². The lowest BCUT2D eigenvalue weighted by Crippen LogP contribution is -2.37. The molecule has 1 aromatic carbocycles. The Bertz CT molecular complexity index is 528. The lowest BCUT2D eigenvalue weighted by molar-refractivity contribution is -0.147. The number of hydrazine groups is 1. The standard InChI is InChI=1S/C14H17N3O3/c1-3-8-19-14(18)10-20-16-13-9-17(2)15-12-7-5-4-6-11(12)13/h3-7,15H,1,8-10H2,2H3/b16-13-. The molecule has 0 radical (unpaired) electrons. The highest BCUT2D eigenvalue weighted by Crippen LogP contribution is 2.21. The minimum Gasteiger partial charge on any atom is -0.459 e. The first-order valence-electron chi connectivity index (χ1n) is 6.23. The fourth-order valence-electron chi connectivity index (χ4n) is 1.82. The highest BCUT2D eigenvalue weighted by molar-refractivity contribution is 6.07. The Morgan fingerprint density at radius 3 is 3.15 bits per heavy atom. The summed E-state index contributed by atoms with van der Waals surface area (Å²) < 4.78 is 4.80. The molecule has 0 unspecified atom stereocenters. The number of para-hydroxylation sites is 1. The van der Waals surface area contributed by atoms with Crippen LogP contribution in [0.1, 0.15) is 5.56 Å². The molecule has 0 saturated heterocycles. The Labute approximate surface area is 117 Å². The van der Waals surface area contributed by atoms with E-state index in [4.69, 9.17) is 9.57 Å². The maximum Gasteiger partial charge on any atom is 0.347 e. The molecule has 6 nitrogen and oxygen atoms in total. The third-order valence-corrected chi connectivity index (χ3v) is 2.66. The van der Waals surface area contributed by atoms with E-state index in [1.165, 1.54) is 6.08 Å². The Balaban J connectivity index is 2.00. The summed E-state index contributed by atoms with van der Waals surface area (Å²) in [5.41, 5.74) is 5.89. The van der Waals surface area contributed by atoms with Crippen LogP contribution in [0.2, 0.25) is 0 Å². The van der Waals surface area contributed by atoms with Gasteiger partial charge in [-0.15, -0.1) is 0 Å². The first-order chi connectivity index (χ1) is 9.70. The number of nitrogens with zero attached hydrogens (tertiary/aromatic N) is 2. The molecule has 0 amide bonds. The van der Waals surface area contributed by atoms with Crippen molar-refractivity contribution in [2.45, 2.75) is 0 Å². The highest BCUT2D eigenvalue weighted by Gasteiger charge is 2.18. The lowest BCUT2D eigenvalue weighted by Gasteiger charge is -2.27. The lowest BCUT2D eigenvalue weighted by atomic mass is 10.1. The topological polar surface area (TPSA) is 63.2 Å². The van der Waals surface area contributed by atoms with Gasteiger partial charge >= 0.3 is 5.97 Å². The van der Waals surface area contributed by atoms with Gasteiger partial charge in [0.2, 0.25) is 6.61 Å². The molecule has 0 aromatic heterocycles. The smallest absolute Gasteiger partial charge is 0.347 e. The number of esters is 1. The number of nitrogens with one attached hydrogen (secondary N) is 1. The summed E-state index contributed by atoms with van der Waals surface area (Å²) in [4.78, 5) is 16.3. The van der Waals surface area contributed by atoms with Crippen LogP contribution in [0.3, 0.4) is 0 Å². The number of anilines is 1. The van der Waals surface area contributed by atoms with E-state index in [9.17, 15) is 4.79 Å². The number of carbonyl (C=O) groups is 1. The molecule has 0 aliphatic carbocycles. The quantitative estimate of drug-likeness (QED) is 0.500. The van der Waals surface area contributed by atoms with Crippen LogP contribution in [0.5, 0.6) is 0 Å². The van der Waals surface area contributed by atoms with Gasteiger partial charge in [0, 0.05) is 12.6 Å². The number of carbonyl (C=O) groups excluding carboxylic acids is 1. The normalized spacial score (nSPS) is 16.1. The summed E-state index contributed by atoms with van der Waals surface area (Å²) in [6.45, 7) is 4.01. The molecule has 0 bridgehead atoms. The summed E-state index contributed by atoms with van der Waals surface area (Å²) in [6.07, 6.45) is 1.50. The first kappa shape index (κ1) is 14.1. The van der Waals surface area contributed by atoms with Gasteiger partial charge in [0.05, 0.1) is 12.2 Å². The van der Waals surface area contributed by atoms with Crippen molar-refractivity contribution >= 4 is 17.4 Å². The molecule has 106 valence electrons. The van der Waals surface area contributed by atoms with Gasteiger partial charge in [-0.05, 0) is 6.07 Å². The average Bonchev–Trinajstić information content (AvgIpc) is 2.45. The summed E-state index contributed by atoms with van der Waals surface area (Å²) in [5, 5.41) is 5.92. The predicted octanol–water partition coefficient (Wildman–Crippen LogP) is 1.41. The molecular formula is C14H17N3O3. The maximum atomic E-state index is 11.3. The van der Waals surface area contributed by atoms with Crippen molar-refractivity contribution in [3.63, 3.8) is 0 Å². The Morgan fingerprint density at radius 2 is 2.35 bits per heavy atom. The van der Waals surface area contributed by atoms with Crippen LogP contribution in [0.4, 0.5) is 5.69 Å². The zero-order valence-electron chi connectivity index (χ0n) is 11.3. The molecule has 1 heterocycles.